The number of esters is 1. The summed E-state index contributed by atoms with van der Waals surface area (Å²) < 4.78 is 5.26. The minimum atomic E-state index is -0.183. The number of cyclic esters (lactones) is 1. The minimum absolute atomic E-state index is 0.0178. The summed E-state index contributed by atoms with van der Waals surface area (Å²) in [4.78, 5) is 23.2. The fraction of sp³-hybridized carbons (Fsp3) is 0.278. The molecule has 1 aliphatic heterocycles. The van der Waals surface area contributed by atoms with Crippen LogP contribution in [-0.4, -0.2) is 27.3 Å². The first kappa shape index (κ1) is 15.6. The third-order valence-electron chi connectivity index (χ3n) is 3.91. The van der Waals surface area contributed by atoms with Crippen LogP contribution in [0.5, 0.6) is 0 Å². The van der Waals surface area contributed by atoms with E-state index in [1.807, 2.05) is 32.0 Å². The van der Waals surface area contributed by atoms with Crippen LogP contribution in [0.4, 0.5) is 0 Å². The molecule has 0 bridgehead atoms. The highest BCUT2D eigenvalue weighted by molar-refractivity contribution is 8.00. The zero-order valence-corrected chi connectivity index (χ0v) is 15.0. The third kappa shape index (κ3) is 2.91. The Morgan fingerprint density at radius 1 is 1.25 bits per heavy atom. The minimum Gasteiger partial charge on any atom is -0.462 e. The maximum atomic E-state index is 12.0. The second-order valence-corrected chi connectivity index (χ2v) is 8.08. The molecule has 4 rings (SSSR count). The van der Waals surface area contributed by atoms with E-state index in [-0.39, 0.29) is 17.3 Å². The van der Waals surface area contributed by atoms with Crippen LogP contribution in [0, 0.1) is 6.92 Å². The van der Waals surface area contributed by atoms with Gasteiger partial charge in [0, 0.05) is 16.7 Å². The van der Waals surface area contributed by atoms with E-state index in [0.29, 0.717) is 0 Å². The SMILES string of the molecule is Cc1nc(S[C@H]2C[C@@H](C)OC2=O)c2cc(-c3ccccc3)sc2n1. The van der Waals surface area contributed by atoms with Crippen molar-refractivity contribution in [2.24, 2.45) is 0 Å². The molecule has 3 aromatic rings. The first-order valence-electron chi connectivity index (χ1n) is 7.81. The number of carbonyl (C=O) groups is 1. The molecule has 24 heavy (non-hydrogen) atoms. The number of fused-ring (bicyclic) bond motifs is 1. The smallest absolute Gasteiger partial charge is 0.319 e. The Morgan fingerprint density at radius 2 is 2.04 bits per heavy atom. The second-order valence-electron chi connectivity index (χ2n) is 5.86. The van der Waals surface area contributed by atoms with Crippen molar-refractivity contribution in [3.05, 3.63) is 42.2 Å². The number of ether oxygens (including phenoxy) is 1. The van der Waals surface area contributed by atoms with Gasteiger partial charge in [0.1, 0.15) is 27.0 Å². The van der Waals surface area contributed by atoms with Gasteiger partial charge in [0.25, 0.3) is 0 Å². The topological polar surface area (TPSA) is 52.1 Å². The number of rotatable bonds is 3. The number of aryl methyl sites for hydroxylation is 1. The van der Waals surface area contributed by atoms with Crippen LogP contribution >= 0.6 is 23.1 Å². The Labute approximate surface area is 148 Å². The van der Waals surface area contributed by atoms with E-state index in [9.17, 15) is 4.79 Å². The van der Waals surface area contributed by atoms with E-state index in [1.165, 1.54) is 17.3 Å². The van der Waals surface area contributed by atoms with E-state index in [2.05, 4.69) is 28.2 Å². The number of thiophene rings is 1. The molecule has 0 spiro atoms. The summed E-state index contributed by atoms with van der Waals surface area (Å²) in [7, 11) is 0. The Kier molecular flexibility index (Phi) is 4.02. The van der Waals surface area contributed by atoms with Crippen molar-refractivity contribution in [1.29, 1.82) is 0 Å². The zero-order valence-electron chi connectivity index (χ0n) is 13.4. The fourth-order valence-corrected chi connectivity index (χ4v) is 5.19. The number of aromatic nitrogens is 2. The Bertz CT molecular complexity index is 908. The van der Waals surface area contributed by atoms with Gasteiger partial charge in [-0.1, -0.05) is 42.1 Å². The number of thioether (sulfide) groups is 1. The Hall–Kier alpha value is -1.92. The first-order valence-corrected chi connectivity index (χ1v) is 9.50. The third-order valence-corrected chi connectivity index (χ3v) is 6.19. The molecule has 0 saturated carbocycles. The van der Waals surface area contributed by atoms with E-state index in [0.717, 1.165) is 32.4 Å². The molecule has 1 aliphatic rings. The van der Waals surface area contributed by atoms with Crippen molar-refractivity contribution in [3.8, 4) is 10.4 Å². The first-order chi connectivity index (χ1) is 11.6. The maximum absolute atomic E-state index is 12.0. The van der Waals surface area contributed by atoms with Gasteiger partial charge in [0.15, 0.2) is 0 Å². The lowest BCUT2D eigenvalue weighted by Crippen LogP contribution is -2.10. The summed E-state index contributed by atoms with van der Waals surface area (Å²) >= 11 is 3.15. The van der Waals surface area contributed by atoms with Crippen molar-refractivity contribution in [3.63, 3.8) is 0 Å². The molecule has 3 heterocycles. The lowest BCUT2D eigenvalue weighted by Gasteiger charge is -2.06. The van der Waals surface area contributed by atoms with Gasteiger partial charge < -0.3 is 4.74 Å². The van der Waals surface area contributed by atoms with Crippen molar-refractivity contribution in [1.82, 2.24) is 9.97 Å². The zero-order chi connectivity index (χ0) is 16.7. The van der Waals surface area contributed by atoms with Gasteiger partial charge >= 0.3 is 5.97 Å². The number of carbonyl (C=O) groups excluding carboxylic acids is 1. The summed E-state index contributed by atoms with van der Waals surface area (Å²) in [5.41, 5.74) is 1.17. The molecular weight excluding hydrogens is 340 g/mol. The molecule has 4 nitrogen and oxygen atoms in total. The van der Waals surface area contributed by atoms with Crippen LogP contribution in [0.15, 0.2) is 41.4 Å². The van der Waals surface area contributed by atoms with Crippen LogP contribution in [0.2, 0.25) is 0 Å². The monoisotopic (exact) mass is 356 g/mol. The van der Waals surface area contributed by atoms with Gasteiger partial charge in [0.2, 0.25) is 0 Å². The van der Waals surface area contributed by atoms with Crippen LogP contribution in [0.25, 0.3) is 20.7 Å². The van der Waals surface area contributed by atoms with Crippen LogP contribution in [0.1, 0.15) is 19.2 Å². The standard InChI is InChI=1S/C18H16N2O2S2/c1-10-8-15(18(21)22-10)24-17-13-9-14(12-6-4-3-5-7-12)23-16(13)19-11(2)20-17/h3-7,9-10,15H,8H2,1-2H3/t10-,15+/m1/s1. The normalized spacial score (nSPS) is 20.5. The Morgan fingerprint density at radius 3 is 2.75 bits per heavy atom. The summed E-state index contributed by atoms with van der Waals surface area (Å²) in [6, 6.07) is 12.4. The van der Waals surface area contributed by atoms with Gasteiger partial charge in [-0.15, -0.1) is 11.3 Å². The van der Waals surface area contributed by atoms with Crippen molar-refractivity contribution < 1.29 is 9.53 Å². The molecule has 6 heteroatoms. The molecule has 1 fully saturated rings. The molecule has 2 aromatic heterocycles. The number of nitrogens with zero attached hydrogens (tertiary/aromatic N) is 2. The molecular formula is C18H16N2O2S2. The summed E-state index contributed by atoms with van der Waals surface area (Å²) in [5, 5.41) is 1.70. The van der Waals surface area contributed by atoms with Gasteiger partial charge in [0.05, 0.1) is 0 Å². The van der Waals surface area contributed by atoms with E-state index >= 15 is 0 Å². The van der Waals surface area contributed by atoms with Crippen molar-refractivity contribution in [2.45, 2.75) is 36.6 Å². The highest BCUT2D eigenvalue weighted by Crippen LogP contribution is 2.39. The van der Waals surface area contributed by atoms with Gasteiger partial charge in [-0.25, -0.2) is 9.97 Å². The second kappa shape index (κ2) is 6.18. The summed E-state index contributed by atoms with van der Waals surface area (Å²) in [6.45, 7) is 3.82. The summed E-state index contributed by atoms with van der Waals surface area (Å²) in [6.07, 6.45) is 0.708. The molecule has 1 saturated heterocycles. The van der Waals surface area contributed by atoms with Crippen LogP contribution < -0.4 is 0 Å². The van der Waals surface area contributed by atoms with E-state index in [4.69, 9.17) is 4.74 Å². The average Bonchev–Trinajstić information content (AvgIpc) is 3.11. The predicted molar refractivity (Wildman–Crippen MR) is 97.4 cm³/mol. The molecule has 122 valence electrons. The van der Waals surface area contributed by atoms with Crippen molar-refractivity contribution in [2.75, 3.05) is 0 Å². The molecule has 1 aromatic carbocycles. The van der Waals surface area contributed by atoms with Crippen molar-refractivity contribution >= 4 is 39.3 Å². The summed E-state index contributed by atoms with van der Waals surface area (Å²) in [5.74, 6) is 0.585. The number of hydrogen-bond donors (Lipinski definition) is 0. The predicted octanol–water partition coefficient (Wildman–Crippen LogP) is 4.46. The highest BCUT2D eigenvalue weighted by Gasteiger charge is 2.33. The van der Waals surface area contributed by atoms with Crippen LogP contribution in [0.3, 0.4) is 0 Å². The number of benzene rings is 1. The average molecular weight is 356 g/mol. The van der Waals surface area contributed by atoms with Gasteiger partial charge in [-0.3, -0.25) is 4.79 Å². The molecule has 0 N–H and O–H groups in total. The molecule has 2 atom stereocenters. The fourth-order valence-electron chi connectivity index (χ4n) is 2.78. The number of hydrogen-bond acceptors (Lipinski definition) is 6. The Balaban J connectivity index is 1.75. The van der Waals surface area contributed by atoms with Crippen LogP contribution in [-0.2, 0) is 9.53 Å². The maximum Gasteiger partial charge on any atom is 0.319 e. The molecule has 0 radical (unpaired) electrons. The van der Waals surface area contributed by atoms with E-state index in [1.54, 1.807) is 11.3 Å². The largest absolute Gasteiger partial charge is 0.462 e. The lowest BCUT2D eigenvalue weighted by molar-refractivity contribution is -0.140. The van der Waals surface area contributed by atoms with Gasteiger partial charge in [-0.2, -0.15) is 0 Å². The molecule has 0 aliphatic carbocycles. The highest BCUT2D eigenvalue weighted by atomic mass is 32.2. The molecule has 0 unspecified atom stereocenters. The molecule has 0 amide bonds. The lowest BCUT2D eigenvalue weighted by atomic mass is 10.2. The quantitative estimate of drug-likeness (QED) is 0.512. The van der Waals surface area contributed by atoms with E-state index < -0.39 is 0 Å². The van der Waals surface area contributed by atoms with Gasteiger partial charge in [-0.05, 0) is 25.5 Å².